The van der Waals surface area contributed by atoms with Crippen molar-refractivity contribution in [1.29, 1.82) is 0 Å². The molecule has 4 rings (SSSR count). The van der Waals surface area contributed by atoms with Crippen LogP contribution in [0.1, 0.15) is 43.3 Å². The Kier molecular flexibility index (Phi) is 7.76. The third kappa shape index (κ3) is 5.93. The zero-order valence-corrected chi connectivity index (χ0v) is 19.8. The van der Waals surface area contributed by atoms with Crippen LogP contribution in [0, 0.1) is 0 Å². The molecule has 0 radical (unpaired) electrons. The Bertz CT molecular complexity index is 1240. The number of hydrogen-bond donors (Lipinski definition) is 1. The van der Waals surface area contributed by atoms with E-state index in [0.29, 0.717) is 6.61 Å². The van der Waals surface area contributed by atoms with Crippen LogP contribution in [0.2, 0.25) is 0 Å². The van der Waals surface area contributed by atoms with Gasteiger partial charge in [-0.25, -0.2) is 4.98 Å². The van der Waals surface area contributed by atoms with Crippen LogP contribution in [0.15, 0.2) is 84.9 Å². The molecule has 1 amide bonds. The van der Waals surface area contributed by atoms with E-state index in [1.54, 1.807) is 6.08 Å². The maximum absolute atomic E-state index is 12.5. The van der Waals surface area contributed by atoms with Gasteiger partial charge in [0, 0.05) is 12.6 Å². The zero-order valence-electron chi connectivity index (χ0n) is 19.8. The van der Waals surface area contributed by atoms with Gasteiger partial charge in [-0.2, -0.15) is 0 Å². The largest absolute Gasteiger partial charge is 0.494 e. The number of carbonyl (C=O) groups is 1. The maximum atomic E-state index is 12.5. The van der Waals surface area contributed by atoms with E-state index in [1.165, 1.54) is 5.56 Å². The lowest BCUT2D eigenvalue weighted by Gasteiger charge is -2.16. The van der Waals surface area contributed by atoms with E-state index in [1.807, 2.05) is 73.7 Å². The number of amides is 1. The minimum Gasteiger partial charge on any atom is -0.494 e. The highest BCUT2D eigenvalue weighted by molar-refractivity contribution is 5.92. The van der Waals surface area contributed by atoms with Gasteiger partial charge < -0.3 is 14.6 Å². The summed E-state index contributed by atoms with van der Waals surface area (Å²) in [5.41, 5.74) is 4.28. The Hall–Kier alpha value is -3.86. The molecule has 0 saturated heterocycles. The van der Waals surface area contributed by atoms with Crippen molar-refractivity contribution in [2.75, 3.05) is 6.61 Å². The highest BCUT2D eigenvalue weighted by atomic mass is 16.5. The van der Waals surface area contributed by atoms with Gasteiger partial charge in [0.05, 0.1) is 23.7 Å². The van der Waals surface area contributed by atoms with Crippen LogP contribution in [0.5, 0.6) is 5.75 Å². The summed E-state index contributed by atoms with van der Waals surface area (Å²) in [5.74, 6) is 1.59. The molecule has 5 nitrogen and oxygen atoms in total. The van der Waals surface area contributed by atoms with Crippen LogP contribution in [0.25, 0.3) is 17.1 Å². The molecule has 4 aromatic rings. The molecule has 1 N–H and O–H groups in total. The van der Waals surface area contributed by atoms with Gasteiger partial charge in [0.1, 0.15) is 11.6 Å². The van der Waals surface area contributed by atoms with Gasteiger partial charge in [-0.15, -0.1) is 0 Å². The normalized spacial score (nSPS) is 12.2. The number of para-hydroxylation sites is 2. The number of nitrogens with one attached hydrogen (secondary N) is 1. The van der Waals surface area contributed by atoms with Gasteiger partial charge in [-0.1, -0.05) is 61.5 Å². The van der Waals surface area contributed by atoms with Gasteiger partial charge in [0.2, 0.25) is 5.91 Å². The second-order valence-electron chi connectivity index (χ2n) is 8.28. The maximum Gasteiger partial charge on any atom is 0.244 e. The lowest BCUT2D eigenvalue weighted by atomic mass is 10.2. The Labute approximate surface area is 201 Å². The molecule has 1 atom stereocenters. The van der Waals surface area contributed by atoms with E-state index < -0.39 is 0 Å². The third-order valence-electron chi connectivity index (χ3n) is 5.78. The number of benzene rings is 3. The molecular formula is C29H31N3O2. The number of imidazole rings is 1. The molecule has 0 bridgehead atoms. The minimum absolute atomic E-state index is 0.145. The molecule has 0 aliphatic rings. The molecule has 0 aliphatic heterocycles. The van der Waals surface area contributed by atoms with Crippen LogP contribution in [-0.4, -0.2) is 22.1 Å². The number of aryl methyl sites for hydroxylation is 2. The van der Waals surface area contributed by atoms with Crippen molar-refractivity contribution in [3.63, 3.8) is 0 Å². The summed E-state index contributed by atoms with van der Waals surface area (Å²) in [6.07, 6.45) is 5.23. The van der Waals surface area contributed by atoms with E-state index >= 15 is 0 Å². The molecule has 34 heavy (non-hydrogen) atoms. The van der Waals surface area contributed by atoms with Crippen LogP contribution >= 0.6 is 0 Å². The molecule has 1 aromatic heterocycles. The van der Waals surface area contributed by atoms with Crippen molar-refractivity contribution in [2.45, 2.75) is 39.3 Å². The molecular weight excluding hydrogens is 422 g/mol. The number of aromatic nitrogens is 2. The second-order valence-corrected chi connectivity index (χ2v) is 8.28. The Morgan fingerprint density at radius 1 is 1.03 bits per heavy atom. The van der Waals surface area contributed by atoms with Crippen molar-refractivity contribution in [3.8, 4) is 5.75 Å². The fourth-order valence-electron chi connectivity index (χ4n) is 3.96. The van der Waals surface area contributed by atoms with Gasteiger partial charge in [0.25, 0.3) is 0 Å². The molecule has 0 aliphatic carbocycles. The summed E-state index contributed by atoms with van der Waals surface area (Å²) in [5, 5.41) is 3.05. The smallest absolute Gasteiger partial charge is 0.244 e. The minimum atomic E-state index is -0.233. The molecule has 174 valence electrons. The monoisotopic (exact) mass is 453 g/mol. The topological polar surface area (TPSA) is 56.1 Å². The number of rotatable bonds is 10. The summed E-state index contributed by atoms with van der Waals surface area (Å²) in [7, 11) is 0. The Balaban J connectivity index is 1.41. The zero-order chi connectivity index (χ0) is 23.8. The SMILES string of the molecule is CCc1ccc(OCCCn2c(C(C)NC(=O)/C=C\c3ccccc3)nc3ccccc32)cc1. The fraction of sp³-hybridized carbons (Fsp3) is 0.241. The average molecular weight is 454 g/mol. The number of carbonyl (C=O) groups excluding carboxylic acids is 1. The third-order valence-corrected chi connectivity index (χ3v) is 5.78. The van der Waals surface area contributed by atoms with Crippen molar-refractivity contribution in [1.82, 2.24) is 14.9 Å². The van der Waals surface area contributed by atoms with Crippen molar-refractivity contribution >= 4 is 23.0 Å². The van der Waals surface area contributed by atoms with Crippen LogP contribution < -0.4 is 10.1 Å². The first-order valence-corrected chi connectivity index (χ1v) is 11.8. The summed E-state index contributed by atoms with van der Waals surface area (Å²) in [6.45, 7) is 5.48. The average Bonchev–Trinajstić information content (AvgIpc) is 3.25. The van der Waals surface area contributed by atoms with Crippen LogP contribution in [0.3, 0.4) is 0 Å². The van der Waals surface area contributed by atoms with E-state index in [4.69, 9.17) is 9.72 Å². The van der Waals surface area contributed by atoms with Crippen LogP contribution in [-0.2, 0) is 17.8 Å². The Morgan fingerprint density at radius 2 is 1.76 bits per heavy atom. The highest BCUT2D eigenvalue weighted by Crippen LogP contribution is 2.22. The van der Waals surface area contributed by atoms with Crippen molar-refractivity contribution in [2.24, 2.45) is 0 Å². The van der Waals surface area contributed by atoms with E-state index in [-0.39, 0.29) is 11.9 Å². The van der Waals surface area contributed by atoms with Gasteiger partial charge in [-0.05, 0) is 61.2 Å². The predicted molar refractivity (Wildman–Crippen MR) is 138 cm³/mol. The standard InChI is InChI=1S/C29H31N3O2/c1-3-23-14-17-25(18-15-23)34-21-9-20-32-27-13-8-7-12-26(27)31-29(32)22(2)30-28(33)19-16-24-10-5-4-6-11-24/h4-8,10-19,22H,3,9,20-21H2,1-2H3,(H,30,33)/b19-16-. The van der Waals surface area contributed by atoms with Gasteiger partial charge in [-0.3, -0.25) is 4.79 Å². The molecule has 5 heteroatoms. The molecule has 3 aromatic carbocycles. The van der Waals surface area contributed by atoms with Gasteiger partial charge in [0.15, 0.2) is 0 Å². The van der Waals surface area contributed by atoms with Crippen molar-refractivity contribution in [3.05, 3.63) is 102 Å². The van der Waals surface area contributed by atoms with Crippen LogP contribution in [0.4, 0.5) is 0 Å². The molecule has 0 spiro atoms. The first-order chi connectivity index (χ1) is 16.6. The number of nitrogens with zero attached hydrogens (tertiary/aromatic N) is 2. The molecule has 1 heterocycles. The first-order valence-electron chi connectivity index (χ1n) is 11.8. The number of ether oxygens (including phenoxy) is 1. The quantitative estimate of drug-likeness (QED) is 0.238. The summed E-state index contributed by atoms with van der Waals surface area (Å²) < 4.78 is 8.13. The summed E-state index contributed by atoms with van der Waals surface area (Å²) in [4.78, 5) is 17.4. The molecule has 0 fully saturated rings. The lowest BCUT2D eigenvalue weighted by molar-refractivity contribution is -0.117. The molecule has 0 saturated carbocycles. The van der Waals surface area contributed by atoms with E-state index in [2.05, 4.69) is 35.0 Å². The van der Waals surface area contributed by atoms with Gasteiger partial charge >= 0.3 is 0 Å². The highest BCUT2D eigenvalue weighted by Gasteiger charge is 2.17. The van der Waals surface area contributed by atoms with E-state index in [9.17, 15) is 4.79 Å². The number of hydrogen-bond acceptors (Lipinski definition) is 3. The molecule has 1 unspecified atom stereocenters. The Morgan fingerprint density at radius 3 is 2.53 bits per heavy atom. The van der Waals surface area contributed by atoms with E-state index in [0.717, 1.165) is 47.6 Å². The summed E-state index contributed by atoms with van der Waals surface area (Å²) >= 11 is 0. The van der Waals surface area contributed by atoms with Crippen molar-refractivity contribution < 1.29 is 9.53 Å². The second kappa shape index (κ2) is 11.3. The predicted octanol–water partition coefficient (Wildman–Crippen LogP) is 5.96. The lowest BCUT2D eigenvalue weighted by Crippen LogP contribution is -2.27. The summed E-state index contributed by atoms with van der Waals surface area (Å²) in [6, 6.07) is 25.9. The fourth-order valence-corrected chi connectivity index (χ4v) is 3.96. The number of fused-ring (bicyclic) bond motifs is 1. The first kappa shape index (κ1) is 23.3.